The third kappa shape index (κ3) is 1.13. The molecule has 0 unspecified atom stereocenters. The molecule has 0 aromatic rings. The van der Waals surface area contributed by atoms with E-state index in [4.69, 9.17) is 0 Å². The van der Waals surface area contributed by atoms with Crippen molar-refractivity contribution in [3.63, 3.8) is 0 Å². The van der Waals surface area contributed by atoms with E-state index in [1.54, 1.807) is 0 Å². The zero-order chi connectivity index (χ0) is 5.11. The molecule has 0 saturated carbocycles. The molecule has 1 rings (SSSR count). The third-order valence-electron chi connectivity index (χ3n) is 0.920. The SMILES string of the molecule is CCN1C=CCS1. The Balaban J connectivity index is 2.28. The maximum absolute atomic E-state index is 2.22. The lowest BCUT2D eigenvalue weighted by Crippen LogP contribution is -2.01. The molecule has 7 heavy (non-hydrogen) atoms. The van der Waals surface area contributed by atoms with Crippen molar-refractivity contribution in [1.29, 1.82) is 0 Å². The molecule has 0 spiro atoms. The second kappa shape index (κ2) is 2.26. The van der Waals surface area contributed by atoms with E-state index in [0.29, 0.717) is 0 Å². The average molecular weight is 115 g/mol. The third-order valence-corrected chi connectivity index (χ3v) is 1.97. The molecule has 40 valence electrons. The quantitative estimate of drug-likeness (QED) is 0.476. The summed E-state index contributed by atoms with van der Waals surface area (Å²) in [6.07, 6.45) is 4.30. The fourth-order valence-corrected chi connectivity index (χ4v) is 1.26. The maximum Gasteiger partial charge on any atom is 0.0331 e. The van der Waals surface area contributed by atoms with Crippen molar-refractivity contribution < 1.29 is 0 Å². The van der Waals surface area contributed by atoms with Gasteiger partial charge in [0.05, 0.1) is 0 Å². The number of hydrogen-bond donors (Lipinski definition) is 0. The van der Waals surface area contributed by atoms with Crippen molar-refractivity contribution >= 4 is 11.9 Å². The first kappa shape index (κ1) is 5.04. The summed E-state index contributed by atoms with van der Waals surface area (Å²) in [5.74, 6) is 1.16. The lowest BCUT2D eigenvalue weighted by atomic mass is 10.6. The molecule has 0 N–H and O–H groups in total. The van der Waals surface area contributed by atoms with E-state index in [0.717, 1.165) is 12.3 Å². The fourth-order valence-electron chi connectivity index (χ4n) is 0.539. The van der Waals surface area contributed by atoms with Crippen molar-refractivity contribution in [2.45, 2.75) is 6.92 Å². The summed E-state index contributed by atoms with van der Waals surface area (Å²) in [6.45, 7) is 3.28. The molecule has 1 aliphatic heterocycles. The number of hydrogen-bond acceptors (Lipinski definition) is 2. The molecular formula is C5H9NS. The number of rotatable bonds is 1. The maximum atomic E-state index is 2.22. The highest BCUT2D eigenvalue weighted by Gasteiger charge is 1.98. The Hall–Kier alpha value is -0.110. The van der Waals surface area contributed by atoms with E-state index in [9.17, 15) is 0 Å². The van der Waals surface area contributed by atoms with Crippen molar-refractivity contribution in [2.24, 2.45) is 0 Å². The molecule has 2 heteroatoms. The second-order valence-corrected chi connectivity index (χ2v) is 2.47. The standard InChI is InChI=1S/C5H9NS/c1-2-6-4-3-5-7-6/h3-4H,2,5H2,1H3. The van der Waals surface area contributed by atoms with E-state index in [-0.39, 0.29) is 0 Å². The van der Waals surface area contributed by atoms with Crippen LogP contribution < -0.4 is 0 Å². The van der Waals surface area contributed by atoms with Crippen LogP contribution in [0, 0.1) is 0 Å². The highest BCUT2D eigenvalue weighted by Crippen LogP contribution is 2.15. The first-order chi connectivity index (χ1) is 3.43. The summed E-state index contributed by atoms with van der Waals surface area (Å²) in [7, 11) is 0. The lowest BCUT2D eigenvalue weighted by Gasteiger charge is -2.07. The minimum Gasteiger partial charge on any atom is -0.324 e. The molecule has 0 saturated heterocycles. The topological polar surface area (TPSA) is 3.24 Å². The zero-order valence-electron chi connectivity index (χ0n) is 4.42. The van der Waals surface area contributed by atoms with Gasteiger partial charge >= 0.3 is 0 Å². The molecule has 0 bridgehead atoms. The average Bonchev–Trinajstić information content (AvgIpc) is 2.14. The van der Waals surface area contributed by atoms with E-state index >= 15 is 0 Å². The van der Waals surface area contributed by atoms with Gasteiger partial charge in [0.15, 0.2) is 0 Å². The molecule has 0 aromatic carbocycles. The van der Waals surface area contributed by atoms with Crippen molar-refractivity contribution in [3.8, 4) is 0 Å². The Morgan fingerprint density at radius 3 is 3.00 bits per heavy atom. The summed E-state index contributed by atoms with van der Waals surface area (Å²) in [5.41, 5.74) is 0. The first-order valence-electron chi connectivity index (χ1n) is 2.49. The van der Waals surface area contributed by atoms with Crippen LogP contribution in [0.25, 0.3) is 0 Å². The molecule has 1 nitrogen and oxygen atoms in total. The largest absolute Gasteiger partial charge is 0.324 e. The molecule has 0 amide bonds. The molecule has 0 radical (unpaired) electrons. The predicted molar refractivity (Wildman–Crippen MR) is 34.0 cm³/mol. The Morgan fingerprint density at radius 1 is 1.86 bits per heavy atom. The van der Waals surface area contributed by atoms with Gasteiger partial charge in [-0.3, -0.25) is 0 Å². The summed E-state index contributed by atoms with van der Waals surface area (Å²) in [5, 5.41) is 0. The molecule has 0 aromatic heterocycles. The zero-order valence-corrected chi connectivity index (χ0v) is 5.24. The molecule has 0 fully saturated rings. The Labute approximate surface area is 48.5 Å². The van der Waals surface area contributed by atoms with Gasteiger partial charge in [0.25, 0.3) is 0 Å². The van der Waals surface area contributed by atoms with E-state index in [1.165, 1.54) is 0 Å². The lowest BCUT2D eigenvalue weighted by molar-refractivity contribution is 0.669. The van der Waals surface area contributed by atoms with Crippen LogP contribution >= 0.6 is 11.9 Å². The van der Waals surface area contributed by atoms with Crippen molar-refractivity contribution in [3.05, 3.63) is 12.3 Å². The van der Waals surface area contributed by atoms with Crippen LogP contribution in [0.2, 0.25) is 0 Å². The number of nitrogens with zero attached hydrogens (tertiary/aromatic N) is 1. The van der Waals surface area contributed by atoms with Crippen molar-refractivity contribution in [1.82, 2.24) is 4.31 Å². The minimum absolute atomic E-state index is 1.13. The summed E-state index contributed by atoms with van der Waals surface area (Å²) < 4.78 is 2.22. The highest BCUT2D eigenvalue weighted by atomic mass is 32.2. The van der Waals surface area contributed by atoms with Crippen LogP contribution in [0.5, 0.6) is 0 Å². The van der Waals surface area contributed by atoms with E-state index in [1.807, 2.05) is 11.9 Å². The van der Waals surface area contributed by atoms with Gasteiger partial charge in [-0.1, -0.05) is 6.08 Å². The van der Waals surface area contributed by atoms with Gasteiger partial charge in [-0.15, -0.1) is 0 Å². The second-order valence-electron chi connectivity index (χ2n) is 1.41. The molecule has 0 atom stereocenters. The van der Waals surface area contributed by atoms with Gasteiger partial charge in [0.2, 0.25) is 0 Å². The monoisotopic (exact) mass is 115 g/mol. The van der Waals surface area contributed by atoms with Gasteiger partial charge in [0.1, 0.15) is 0 Å². The molecule has 0 aliphatic carbocycles. The van der Waals surface area contributed by atoms with Gasteiger partial charge in [-0.05, 0) is 18.9 Å². The molecule has 1 aliphatic rings. The van der Waals surface area contributed by atoms with Gasteiger partial charge in [-0.25, -0.2) is 0 Å². The fraction of sp³-hybridized carbons (Fsp3) is 0.600. The van der Waals surface area contributed by atoms with Crippen LogP contribution in [-0.4, -0.2) is 16.6 Å². The van der Waals surface area contributed by atoms with Crippen LogP contribution in [-0.2, 0) is 0 Å². The predicted octanol–water partition coefficient (Wildman–Crippen LogP) is 1.48. The van der Waals surface area contributed by atoms with Crippen LogP contribution in [0.4, 0.5) is 0 Å². The first-order valence-corrected chi connectivity index (χ1v) is 3.44. The highest BCUT2D eigenvalue weighted by molar-refractivity contribution is 7.97. The van der Waals surface area contributed by atoms with E-state index < -0.39 is 0 Å². The summed E-state index contributed by atoms with van der Waals surface area (Å²) in [4.78, 5) is 0. The van der Waals surface area contributed by atoms with Gasteiger partial charge < -0.3 is 4.31 Å². The van der Waals surface area contributed by atoms with E-state index in [2.05, 4.69) is 23.5 Å². The Kier molecular flexibility index (Phi) is 1.63. The Bertz CT molecular complexity index is 80.1. The van der Waals surface area contributed by atoms with Crippen LogP contribution in [0.15, 0.2) is 12.3 Å². The van der Waals surface area contributed by atoms with Crippen molar-refractivity contribution in [2.75, 3.05) is 12.3 Å². The Morgan fingerprint density at radius 2 is 2.71 bits per heavy atom. The van der Waals surface area contributed by atoms with Gasteiger partial charge in [-0.2, -0.15) is 0 Å². The van der Waals surface area contributed by atoms with Gasteiger partial charge in [0, 0.05) is 18.5 Å². The summed E-state index contributed by atoms with van der Waals surface area (Å²) >= 11 is 1.86. The van der Waals surface area contributed by atoms with Crippen LogP contribution in [0.3, 0.4) is 0 Å². The van der Waals surface area contributed by atoms with Crippen LogP contribution in [0.1, 0.15) is 6.92 Å². The molecular weight excluding hydrogens is 106 g/mol. The minimum atomic E-state index is 1.13. The summed E-state index contributed by atoms with van der Waals surface area (Å²) in [6, 6.07) is 0. The smallest absolute Gasteiger partial charge is 0.0331 e. The molecule has 1 heterocycles. The normalized spacial score (nSPS) is 18.7.